The fraction of sp³-hybridized carbons (Fsp3) is 0.167. The quantitative estimate of drug-likeness (QED) is 0.908. The van der Waals surface area contributed by atoms with Gasteiger partial charge in [0, 0.05) is 5.75 Å². The van der Waals surface area contributed by atoms with Gasteiger partial charge >= 0.3 is 0 Å². The summed E-state index contributed by atoms with van der Waals surface area (Å²) in [6.07, 6.45) is 0.0319. The normalized spacial score (nSPS) is 18.2. The standard InChI is InChI=1S/C12H10N4OS2/c13-9-6-10(17)14-11-16(9)15-12(19-11)18-7-8-4-2-1-3-5-8/h1-5,13H,6-7H2. The Morgan fingerprint density at radius 3 is 2.95 bits per heavy atom. The van der Waals surface area contributed by atoms with Crippen LogP contribution in [0.5, 0.6) is 0 Å². The second-order valence-electron chi connectivity index (χ2n) is 3.97. The Balaban J connectivity index is 1.68. The van der Waals surface area contributed by atoms with Crippen LogP contribution in [0.15, 0.2) is 40.4 Å². The van der Waals surface area contributed by atoms with Crippen molar-refractivity contribution in [1.29, 1.82) is 5.41 Å². The molecule has 1 aromatic carbocycles. The van der Waals surface area contributed by atoms with E-state index in [0.717, 1.165) is 10.1 Å². The minimum Gasteiger partial charge on any atom is -0.286 e. The summed E-state index contributed by atoms with van der Waals surface area (Å²) in [5.41, 5.74) is 1.22. The average Bonchev–Trinajstić information content (AvgIpc) is 2.81. The minimum atomic E-state index is -0.270. The number of hydrogen-bond acceptors (Lipinski definition) is 5. The molecule has 0 unspecified atom stereocenters. The first-order valence-electron chi connectivity index (χ1n) is 5.64. The number of nitrogens with zero attached hydrogens (tertiary/aromatic N) is 3. The maximum absolute atomic E-state index is 11.3. The van der Waals surface area contributed by atoms with Crippen molar-refractivity contribution in [2.24, 2.45) is 10.1 Å². The van der Waals surface area contributed by atoms with Gasteiger partial charge in [-0.25, -0.2) is 0 Å². The van der Waals surface area contributed by atoms with Crippen molar-refractivity contribution in [3.05, 3.63) is 35.9 Å². The molecule has 3 rings (SSSR count). The number of carbonyl (C=O) groups is 1. The molecule has 2 aliphatic rings. The summed E-state index contributed by atoms with van der Waals surface area (Å²) in [6, 6.07) is 10.1. The van der Waals surface area contributed by atoms with Crippen LogP contribution in [0.4, 0.5) is 0 Å². The van der Waals surface area contributed by atoms with Gasteiger partial charge < -0.3 is 0 Å². The third-order valence-corrected chi connectivity index (χ3v) is 4.65. The van der Waals surface area contributed by atoms with Crippen LogP contribution in [0.1, 0.15) is 12.0 Å². The second-order valence-corrected chi connectivity index (χ2v) is 6.14. The van der Waals surface area contributed by atoms with Crippen LogP contribution >= 0.6 is 23.5 Å². The zero-order valence-corrected chi connectivity index (χ0v) is 11.5. The Kier molecular flexibility index (Phi) is 3.39. The van der Waals surface area contributed by atoms with Gasteiger partial charge in [-0.15, -0.1) is 0 Å². The van der Waals surface area contributed by atoms with Crippen LogP contribution in [-0.2, 0) is 10.5 Å². The van der Waals surface area contributed by atoms with Gasteiger partial charge in [0.15, 0.2) is 4.38 Å². The lowest BCUT2D eigenvalue weighted by molar-refractivity contribution is -0.117. The van der Waals surface area contributed by atoms with E-state index in [0.29, 0.717) is 5.17 Å². The molecule has 19 heavy (non-hydrogen) atoms. The van der Waals surface area contributed by atoms with E-state index in [1.165, 1.54) is 22.3 Å². The predicted octanol–water partition coefficient (Wildman–Crippen LogP) is 2.50. The van der Waals surface area contributed by atoms with Gasteiger partial charge in [0.05, 0.1) is 6.42 Å². The molecule has 7 heteroatoms. The highest BCUT2D eigenvalue weighted by molar-refractivity contribution is 8.45. The Morgan fingerprint density at radius 1 is 1.37 bits per heavy atom. The number of fused-ring (bicyclic) bond motifs is 1. The number of hydrazone groups is 1. The Labute approximate surface area is 118 Å². The maximum Gasteiger partial charge on any atom is 0.255 e. The summed E-state index contributed by atoms with van der Waals surface area (Å²) in [6.45, 7) is 0. The Hall–Kier alpha value is -1.60. The van der Waals surface area contributed by atoms with Crippen LogP contribution in [0.25, 0.3) is 0 Å². The van der Waals surface area contributed by atoms with Gasteiger partial charge in [-0.05, 0) is 17.3 Å². The molecule has 1 amide bonds. The molecular weight excluding hydrogens is 280 g/mol. The van der Waals surface area contributed by atoms with E-state index in [9.17, 15) is 4.79 Å². The highest BCUT2D eigenvalue weighted by atomic mass is 32.2. The van der Waals surface area contributed by atoms with Gasteiger partial charge in [0.1, 0.15) is 5.84 Å². The van der Waals surface area contributed by atoms with Crippen molar-refractivity contribution >= 4 is 44.8 Å². The summed E-state index contributed by atoms with van der Waals surface area (Å²) < 4.78 is 0.821. The maximum atomic E-state index is 11.3. The van der Waals surface area contributed by atoms with Gasteiger partial charge in [-0.1, -0.05) is 42.1 Å². The van der Waals surface area contributed by atoms with Crippen molar-refractivity contribution in [3.8, 4) is 0 Å². The molecule has 96 valence electrons. The molecule has 0 spiro atoms. The monoisotopic (exact) mass is 290 g/mol. The van der Waals surface area contributed by atoms with E-state index in [-0.39, 0.29) is 18.2 Å². The minimum absolute atomic E-state index is 0.0319. The number of rotatable bonds is 2. The van der Waals surface area contributed by atoms with E-state index >= 15 is 0 Å². The zero-order valence-electron chi connectivity index (χ0n) is 9.87. The highest BCUT2D eigenvalue weighted by Gasteiger charge is 2.32. The molecule has 0 aromatic heterocycles. The smallest absolute Gasteiger partial charge is 0.255 e. The summed E-state index contributed by atoms with van der Waals surface area (Å²) >= 11 is 2.94. The number of amidine groups is 2. The molecule has 0 bridgehead atoms. The number of nitrogens with one attached hydrogen (secondary N) is 1. The van der Waals surface area contributed by atoms with E-state index in [2.05, 4.69) is 22.2 Å². The van der Waals surface area contributed by atoms with E-state index in [1.807, 2.05) is 18.2 Å². The number of thioether (sulfide) groups is 2. The molecule has 0 fully saturated rings. The van der Waals surface area contributed by atoms with E-state index in [4.69, 9.17) is 5.41 Å². The molecule has 5 nitrogen and oxygen atoms in total. The molecule has 1 aromatic rings. The zero-order chi connectivity index (χ0) is 13.2. The lowest BCUT2D eigenvalue weighted by Gasteiger charge is -2.17. The molecule has 2 aliphatic heterocycles. The van der Waals surface area contributed by atoms with Crippen LogP contribution in [-0.4, -0.2) is 26.3 Å². The van der Waals surface area contributed by atoms with Crippen LogP contribution < -0.4 is 0 Å². The van der Waals surface area contributed by atoms with Crippen molar-refractivity contribution in [1.82, 2.24) is 5.01 Å². The molecule has 2 heterocycles. The molecule has 0 saturated heterocycles. The summed E-state index contributed by atoms with van der Waals surface area (Å²) in [5, 5.41) is 14.0. The Bertz CT molecular complexity index is 597. The fourth-order valence-corrected chi connectivity index (χ4v) is 3.58. The number of carbonyl (C=O) groups excluding carboxylic acids is 1. The van der Waals surface area contributed by atoms with Crippen LogP contribution in [0.3, 0.4) is 0 Å². The second kappa shape index (κ2) is 5.18. The lowest BCUT2D eigenvalue weighted by Crippen LogP contribution is -2.33. The molecule has 0 saturated carbocycles. The van der Waals surface area contributed by atoms with E-state index < -0.39 is 0 Å². The summed E-state index contributed by atoms with van der Waals surface area (Å²) in [4.78, 5) is 15.2. The number of hydrogen-bond donors (Lipinski definition) is 1. The van der Waals surface area contributed by atoms with Crippen molar-refractivity contribution in [2.75, 3.05) is 0 Å². The van der Waals surface area contributed by atoms with Gasteiger partial charge in [-0.2, -0.15) is 15.1 Å². The van der Waals surface area contributed by atoms with Crippen molar-refractivity contribution in [3.63, 3.8) is 0 Å². The molecule has 1 N–H and O–H groups in total. The average molecular weight is 290 g/mol. The van der Waals surface area contributed by atoms with Crippen LogP contribution in [0.2, 0.25) is 0 Å². The highest BCUT2D eigenvalue weighted by Crippen LogP contribution is 2.32. The topological polar surface area (TPSA) is 68.9 Å². The fourth-order valence-electron chi connectivity index (χ4n) is 1.65. The lowest BCUT2D eigenvalue weighted by atomic mass is 10.2. The number of benzene rings is 1. The molecular formula is C12H10N4OS2. The first-order valence-corrected chi connectivity index (χ1v) is 7.45. The number of amides is 1. The SMILES string of the molecule is N=C1CC(=O)N=C2SC(SCc3ccccc3)=NN12. The van der Waals surface area contributed by atoms with Crippen molar-refractivity contribution < 1.29 is 4.79 Å². The molecule has 0 atom stereocenters. The molecule has 0 radical (unpaired) electrons. The predicted molar refractivity (Wildman–Crippen MR) is 79.4 cm³/mol. The first kappa shape index (κ1) is 12.4. The molecule has 0 aliphatic carbocycles. The Morgan fingerprint density at radius 2 is 2.16 bits per heavy atom. The third-order valence-electron chi connectivity index (χ3n) is 2.54. The summed E-state index contributed by atoms with van der Waals surface area (Å²) in [5.74, 6) is 0.737. The van der Waals surface area contributed by atoms with E-state index in [1.54, 1.807) is 11.8 Å². The number of aliphatic imine (C=N–C) groups is 1. The van der Waals surface area contributed by atoms with Crippen LogP contribution in [0, 0.1) is 5.41 Å². The van der Waals surface area contributed by atoms with Crippen molar-refractivity contribution in [2.45, 2.75) is 12.2 Å². The third kappa shape index (κ3) is 2.71. The summed E-state index contributed by atoms with van der Waals surface area (Å²) in [7, 11) is 0. The largest absolute Gasteiger partial charge is 0.286 e. The van der Waals surface area contributed by atoms with Gasteiger partial charge in [0.25, 0.3) is 5.91 Å². The first-order chi connectivity index (χ1) is 9.22. The van der Waals surface area contributed by atoms with Gasteiger partial charge in [-0.3, -0.25) is 10.2 Å². The van der Waals surface area contributed by atoms with Gasteiger partial charge in [0.2, 0.25) is 5.17 Å².